The molecule has 0 N–H and O–H groups in total. The molecule has 3 aliphatic heterocycles. The normalized spacial score (nSPS) is 18.3. The molecule has 0 aromatic heterocycles. The van der Waals surface area contributed by atoms with Gasteiger partial charge in [0.2, 0.25) is 17.1 Å². The zero-order valence-corrected chi connectivity index (χ0v) is 98.1. The Bertz CT molecular complexity index is 5750. The molecule has 6 saturated carbocycles. The first-order valence-corrected chi connectivity index (χ1v) is 55.4. The number of unbranched alkanes of at least 4 members (excludes halogenated alkanes) is 1. The molecule has 0 saturated heterocycles. The van der Waals surface area contributed by atoms with E-state index in [0.29, 0.717) is 13.0 Å². The number of esters is 1. The van der Waals surface area contributed by atoms with Crippen molar-refractivity contribution in [3.05, 3.63) is 325 Å². The molecule has 10 aromatic rings. The van der Waals surface area contributed by atoms with Gasteiger partial charge < -0.3 is 64.0 Å². The number of ether oxygens (including phenoxy) is 1. The Kier molecular flexibility index (Phi) is 56.9. The fourth-order valence-electron chi connectivity index (χ4n) is 24.7. The second-order valence-electron chi connectivity index (χ2n) is 42.4. The van der Waals surface area contributed by atoms with Crippen LogP contribution in [0, 0.1) is 69.2 Å². The molecule has 798 valence electrons. The maximum absolute atomic E-state index is 13.1. The van der Waals surface area contributed by atoms with Crippen LogP contribution in [0.4, 0.5) is 34.1 Å². The second kappa shape index (κ2) is 64.9. The first-order valence-electron chi connectivity index (χ1n) is 55.4. The minimum Gasteiger partial charge on any atom is -0.466 e. The summed E-state index contributed by atoms with van der Waals surface area (Å²) in [5.41, 5.74) is 23.3. The largest absolute Gasteiger partial charge is 2.00 e. The molecule has 10 aromatic carbocycles. The van der Waals surface area contributed by atoms with Crippen molar-refractivity contribution in [1.82, 2.24) is 0 Å². The number of benzene rings is 10. The Morgan fingerprint density at radius 2 is 0.660 bits per heavy atom. The number of aryl methyl sites for hydroxylation is 1. The van der Waals surface area contributed by atoms with Gasteiger partial charge in [-0.15, -0.1) is 0 Å². The van der Waals surface area contributed by atoms with Gasteiger partial charge in [0.1, 0.15) is 19.6 Å². The molecule has 19 rings (SSSR count). The predicted octanol–water partition coefficient (Wildman–Crippen LogP) is 37.2. The van der Waals surface area contributed by atoms with Gasteiger partial charge in [0.15, 0.2) is 17.1 Å². The van der Waals surface area contributed by atoms with Crippen LogP contribution in [0.15, 0.2) is 236 Å². The van der Waals surface area contributed by atoms with E-state index in [1.54, 1.807) is 0 Å². The van der Waals surface area contributed by atoms with Gasteiger partial charge in [0, 0.05) is 129 Å². The molecule has 0 bridgehead atoms. The molecular weight excluding hydrogens is 1920 g/mol. The molecule has 3 heterocycles. The number of hydrogen-bond donors (Lipinski definition) is 0. The van der Waals surface area contributed by atoms with E-state index in [9.17, 15) is 4.79 Å². The van der Waals surface area contributed by atoms with Gasteiger partial charge in [-0.2, -0.15) is 13.7 Å². The second-order valence-corrected chi connectivity index (χ2v) is 42.4. The van der Waals surface area contributed by atoms with Crippen LogP contribution in [0.2, 0.25) is 0 Å². The molecule has 147 heavy (non-hydrogen) atoms. The van der Waals surface area contributed by atoms with E-state index >= 15 is 0 Å². The topological polar surface area (TPSA) is 45.0 Å². The van der Waals surface area contributed by atoms with Crippen LogP contribution >= 0.6 is 0 Å². The fraction of sp³-hybridized carbons (Fsp3) is 0.471. The Labute approximate surface area is 929 Å². The molecule has 6 aliphatic carbocycles. The number of carbonyl (C=O) groups excluding carboxylic acids is 1. The van der Waals surface area contributed by atoms with Crippen molar-refractivity contribution >= 4 is 108 Å². The summed E-state index contributed by atoms with van der Waals surface area (Å²) in [5, 5.41) is 7.90. The number of hydrogen-bond acceptors (Lipinski definition) is 5. The van der Waals surface area contributed by atoms with Gasteiger partial charge in [0.05, 0.1) is 29.3 Å². The van der Waals surface area contributed by atoms with Crippen LogP contribution in [0.25, 0.3) is 50.5 Å². The van der Waals surface area contributed by atoms with E-state index in [4.69, 9.17) is 4.74 Å². The summed E-state index contributed by atoms with van der Waals surface area (Å²) in [6.45, 7) is 38.7. The smallest absolute Gasteiger partial charge is 0.466 e. The van der Waals surface area contributed by atoms with E-state index in [1.165, 1.54) is 339 Å². The zero-order chi connectivity index (χ0) is 96.6. The summed E-state index contributed by atoms with van der Waals surface area (Å²) in [6.07, 6.45) is 64.5. The summed E-state index contributed by atoms with van der Waals surface area (Å²) in [6, 6.07) is 76.8. The number of rotatable bonds is 33. The van der Waals surface area contributed by atoms with E-state index in [1.807, 2.05) is 6.92 Å². The van der Waals surface area contributed by atoms with E-state index in [-0.39, 0.29) is 113 Å². The van der Waals surface area contributed by atoms with Crippen molar-refractivity contribution in [2.75, 3.05) is 80.2 Å². The Morgan fingerprint density at radius 3 is 0.993 bits per heavy atom. The number of allylic oxidation sites excluding steroid dienone is 5. The van der Waals surface area contributed by atoms with Crippen LogP contribution in [0.3, 0.4) is 0 Å². The van der Waals surface area contributed by atoms with Crippen molar-refractivity contribution in [2.24, 2.45) is 17.8 Å². The van der Waals surface area contributed by atoms with Crippen molar-refractivity contribution in [1.29, 1.82) is 0 Å². The van der Waals surface area contributed by atoms with Crippen molar-refractivity contribution < 1.29 is 74.5 Å². The first kappa shape index (κ1) is 129. The third kappa shape index (κ3) is 33.4. The van der Waals surface area contributed by atoms with Crippen LogP contribution in [-0.2, 0) is 83.4 Å². The zero-order valence-electron chi connectivity index (χ0n) is 94.8. The minimum absolute atomic E-state index is 0. The maximum Gasteiger partial charge on any atom is 2.00 e. The predicted molar refractivity (Wildman–Crippen MR) is 637 cm³/mol. The standard InChI is InChI=1S/C42H51N2.C37H47N2.C36H45N2O2.3C5H10.6CH3.3Fe/c1-5-43(6-2)37-25-21-34(22-26-37)23-28-40-42(4,31-35-18-13-14-32(3)30-35)41-38-20-10-9-19-36(38)24-27-39(41)44(40)29-12-11-17-33-15-7-8-16-33;1-6-38(7-2)32-20-16-30(17-21-32)18-23-35-37(5,26-24-28(3)4)36-33-15-11-10-14-31(33)19-22-34(36)39(35)27-25-29-12-8-9-13-29;1-5-37(6-2)30-20-16-28(17-21-30)18-23-33-36(4,26-34(39)40-7-3)35-31-15-11-10-14-29(31)19-22-32(35)38(33)25-24-27-12-8-9-13-27;3*1-2-4-5-3-1;;;;;;;;;/h9-10,13-14,18-28,30,33H,5-8,11-12,15-17,29,31H2,1-4H3;10-11,14-24,29H,6-9,12-13,25-27H2,1-5H3;10-11,14-23,27H,5-9,12-13,24-26H2,1-4H3;3*1-5H2;6*1H3;;;/q3*+1;;;;6*-1;3*+2. The summed E-state index contributed by atoms with van der Waals surface area (Å²) in [4.78, 5) is 20.3. The summed E-state index contributed by atoms with van der Waals surface area (Å²) < 4.78 is 13.4. The minimum atomic E-state index is -0.490. The summed E-state index contributed by atoms with van der Waals surface area (Å²) in [5.74, 6) is 2.48. The SMILES string of the molecule is C1CCCC1.C1CCCC1.C1CCCC1.CCN(CC)c1ccc(/C=C/C2=[N+](CCC3CCCC3)c3ccc4ccccc4c3C2(C)CC=C(C)C)cc1.CCN(CC)c1ccc(/C=C/C2=[N+](CCCCC3CCCC3)c3ccc4ccccc4c3C2(C)Cc2cccc(C)c2)cc1.CCOC(=O)CC1(C)C(/C=C/c2ccc(N(CC)CC)cc2)=[N+](CCC2CCCC2)c2ccc3ccccc3c21.[CH3-].[CH3-].[CH3-].[CH3-].[CH3-].[CH3-].[Fe+2].[Fe+2].[Fe+2]. The molecule has 9 aliphatic rings. The Morgan fingerprint density at radius 1 is 0.347 bits per heavy atom. The van der Waals surface area contributed by atoms with E-state index in [0.717, 1.165) is 89.5 Å². The van der Waals surface area contributed by atoms with Gasteiger partial charge in [0.25, 0.3) is 0 Å². The van der Waals surface area contributed by atoms with Crippen LogP contribution in [0.1, 0.15) is 346 Å². The van der Waals surface area contributed by atoms with Crippen molar-refractivity contribution in [2.45, 2.75) is 331 Å². The van der Waals surface area contributed by atoms with E-state index < -0.39 is 5.41 Å². The van der Waals surface area contributed by atoms with Crippen molar-refractivity contribution in [3.63, 3.8) is 0 Å². The average molecular weight is 2110 g/mol. The maximum atomic E-state index is 13.1. The molecule has 0 amide bonds. The van der Waals surface area contributed by atoms with Crippen LogP contribution < -0.4 is 14.7 Å². The summed E-state index contributed by atoms with van der Waals surface area (Å²) >= 11 is 0. The van der Waals surface area contributed by atoms with Crippen LogP contribution in [-0.4, -0.2) is 102 Å². The average Bonchev–Trinajstić information content (AvgIpc) is 1.58. The van der Waals surface area contributed by atoms with Gasteiger partial charge in [-0.1, -0.05) is 330 Å². The molecule has 0 spiro atoms. The molecule has 11 heteroatoms. The number of carbonyl (C=O) groups is 1. The quantitative estimate of drug-likeness (QED) is 0.0102. The fourth-order valence-corrected chi connectivity index (χ4v) is 24.7. The number of anilines is 3. The molecule has 0 radical (unpaired) electrons. The molecular formula is C136H191Fe3N6O2+3. The van der Waals surface area contributed by atoms with Crippen molar-refractivity contribution in [3.8, 4) is 0 Å². The molecule has 3 unspecified atom stereocenters. The van der Waals surface area contributed by atoms with E-state index in [2.05, 4.69) is 360 Å². The number of nitrogens with zero attached hydrogens (tertiary/aromatic N) is 6. The van der Waals surface area contributed by atoms with Gasteiger partial charge in [-0.05, 0) is 254 Å². The number of fused-ring (bicyclic) bond motifs is 9. The third-order valence-electron chi connectivity index (χ3n) is 32.5. The summed E-state index contributed by atoms with van der Waals surface area (Å²) in [7, 11) is 0. The molecule has 6 fully saturated rings. The van der Waals surface area contributed by atoms with Crippen LogP contribution in [0.5, 0.6) is 0 Å². The molecule has 3 atom stereocenters. The van der Waals surface area contributed by atoms with Gasteiger partial charge >= 0.3 is 57.2 Å². The van der Waals surface area contributed by atoms with Gasteiger partial charge in [-0.3, -0.25) is 4.79 Å². The Hall–Kier alpha value is -8.62. The monoisotopic (exact) mass is 2110 g/mol. The third-order valence-corrected chi connectivity index (χ3v) is 32.5. The first-order chi connectivity index (χ1) is 67.4. The molecule has 8 nitrogen and oxygen atoms in total. The van der Waals surface area contributed by atoms with Gasteiger partial charge in [-0.25, -0.2) is 0 Å². The Balaban J connectivity index is 0.000000350.